The Morgan fingerprint density at radius 2 is 1.72 bits per heavy atom. The Hall–Kier alpha value is -1.47. The molecule has 6 nitrogen and oxygen atoms in total. The summed E-state index contributed by atoms with van der Waals surface area (Å²) in [4.78, 5) is 19.8. The third-order valence-electron chi connectivity index (χ3n) is 5.89. The van der Waals surface area contributed by atoms with E-state index in [1.165, 1.54) is 0 Å². The molecule has 2 saturated heterocycles. The molecule has 1 aromatic rings. The van der Waals surface area contributed by atoms with Crippen LogP contribution < -0.4 is 5.32 Å². The van der Waals surface area contributed by atoms with E-state index in [1.807, 2.05) is 32.0 Å². The average Bonchev–Trinajstić information content (AvgIpc) is 2.66. The first-order chi connectivity index (χ1) is 13.9. The highest BCUT2D eigenvalue weighted by Crippen LogP contribution is 2.19. The molecule has 0 bridgehead atoms. The molecule has 0 aliphatic carbocycles. The topological polar surface area (TPSA) is 48.1 Å². The van der Waals surface area contributed by atoms with E-state index in [0.29, 0.717) is 18.6 Å². The van der Waals surface area contributed by atoms with Gasteiger partial charge in [0.25, 0.3) is 0 Å². The molecule has 29 heavy (non-hydrogen) atoms. The van der Waals surface area contributed by atoms with Crippen LogP contribution >= 0.6 is 0 Å². The van der Waals surface area contributed by atoms with E-state index in [-0.39, 0.29) is 5.91 Å². The lowest BCUT2D eigenvalue weighted by Crippen LogP contribution is -2.53. The van der Waals surface area contributed by atoms with E-state index >= 15 is 0 Å². The van der Waals surface area contributed by atoms with Crippen LogP contribution in [0.4, 0.5) is 5.69 Å². The van der Waals surface area contributed by atoms with E-state index in [0.717, 1.165) is 75.8 Å². The highest BCUT2D eigenvalue weighted by molar-refractivity contribution is 5.93. The van der Waals surface area contributed by atoms with Gasteiger partial charge in [-0.2, -0.15) is 0 Å². The predicted octanol–water partition coefficient (Wildman–Crippen LogP) is 2.22. The van der Waals surface area contributed by atoms with Crippen molar-refractivity contribution >= 4 is 11.6 Å². The molecule has 2 heterocycles. The van der Waals surface area contributed by atoms with Crippen molar-refractivity contribution in [2.24, 2.45) is 5.92 Å². The summed E-state index contributed by atoms with van der Waals surface area (Å²) in [6, 6.07) is 6.10. The molecular weight excluding hydrogens is 364 g/mol. The predicted molar refractivity (Wildman–Crippen MR) is 118 cm³/mol. The van der Waals surface area contributed by atoms with Gasteiger partial charge in [0.05, 0.1) is 19.3 Å². The van der Waals surface area contributed by atoms with Crippen LogP contribution in [0.15, 0.2) is 18.2 Å². The van der Waals surface area contributed by atoms with Crippen molar-refractivity contribution in [3.05, 3.63) is 29.3 Å². The van der Waals surface area contributed by atoms with Crippen molar-refractivity contribution in [3.63, 3.8) is 0 Å². The summed E-state index contributed by atoms with van der Waals surface area (Å²) in [6.07, 6.45) is 0.307. The van der Waals surface area contributed by atoms with Crippen LogP contribution in [0.1, 0.15) is 25.0 Å². The standard InChI is InChI=1S/C23H38N4O2/c1-18(2)14-27-12-13-29-21(16-27)15-25-8-10-26(11-9-25)17-22(28)24-23-19(3)6-5-7-20(23)4/h5-7,18,21H,8-17H2,1-4H3,(H,24,28)/t21-/m1/s1. The van der Waals surface area contributed by atoms with Crippen LogP contribution in [-0.4, -0.2) is 92.2 Å². The summed E-state index contributed by atoms with van der Waals surface area (Å²) in [5, 5.41) is 3.10. The maximum absolute atomic E-state index is 12.5. The summed E-state index contributed by atoms with van der Waals surface area (Å²) >= 11 is 0. The normalized spacial score (nSPS) is 22.2. The van der Waals surface area contributed by atoms with Gasteiger partial charge in [0.1, 0.15) is 0 Å². The van der Waals surface area contributed by atoms with Gasteiger partial charge in [-0.1, -0.05) is 32.0 Å². The number of anilines is 1. The number of ether oxygens (including phenoxy) is 1. The van der Waals surface area contributed by atoms with Crippen molar-refractivity contribution in [1.82, 2.24) is 14.7 Å². The first-order valence-electron chi connectivity index (χ1n) is 11.1. The number of para-hydroxylation sites is 1. The molecule has 2 aliphatic heterocycles. The summed E-state index contributed by atoms with van der Waals surface area (Å²) < 4.78 is 6.01. The number of nitrogens with zero attached hydrogens (tertiary/aromatic N) is 3. The molecule has 0 saturated carbocycles. The number of hydrogen-bond acceptors (Lipinski definition) is 5. The molecule has 0 radical (unpaired) electrons. The third kappa shape index (κ3) is 6.78. The molecular formula is C23H38N4O2. The molecule has 1 atom stereocenters. The molecule has 0 spiro atoms. The highest BCUT2D eigenvalue weighted by atomic mass is 16.5. The number of nitrogens with one attached hydrogen (secondary N) is 1. The van der Waals surface area contributed by atoms with E-state index in [9.17, 15) is 4.79 Å². The minimum absolute atomic E-state index is 0.0794. The quantitative estimate of drug-likeness (QED) is 0.758. The smallest absolute Gasteiger partial charge is 0.238 e. The van der Waals surface area contributed by atoms with Gasteiger partial charge >= 0.3 is 0 Å². The van der Waals surface area contributed by atoms with Gasteiger partial charge in [0.15, 0.2) is 0 Å². The Morgan fingerprint density at radius 1 is 1.07 bits per heavy atom. The van der Waals surface area contributed by atoms with Crippen LogP contribution in [0.25, 0.3) is 0 Å². The van der Waals surface area contributed by atoms with Gasteiger partial charge in [-0.05, 0) is 30.9 Å². The van der Waals surface area contributed by atoms with Crippen molar-refractivity contribution in [1.29, 1.82) is 0 Å². The second-order valence-electron chi connectivity index (χ2n) is 9.04. The summed E-state index contributed by atoms with van der Waals surface area (Å²) in [5.41, 5.74) is 3.18. The first kappa shape index (κ1) is 22.2. The van der Waals surface area contributed by atoms with Gasteiger partial charge in [0.2, 0.25) is 5.91 Å². The van der Waals surface area contributed by atoms with Crippen LogP contribution in [-0.2, 0) is 9.53 Å². The van der Waals surface area contributed by atoms with Crippen molar-refractivity contribution in [3.8, 4) is 0 Å². The molecule has 6 heteroatoms. The largest absolute Gasteiger partial charge is 0.374 e. The van der Waals surface area contributed by atoms with Crippen LogP contribution in [0.3, 0.4) is 0 Å². The second-order valence-corrected chi connectivity index (χ2v) is 9.04. The zero-order valence-electron chi connectivity index (χ0n) is 18.6. The van der Waals surface area contributed by atoms with Gasteiger partial charge in [-0.25, -0.2) is 0 Å². The fourth-order valence-electron chi connectivity index (χ4n) is 4.38. The molecule has 1 amide bonds. The fourth-order valence-corrected chi connectivity index (χ4v) is 4.38. The Kier molecular flexibility index (Phi) is 8.07. The van der Waals surface area contributed by atoms with Gasteiger partial charge in [-0.15, -0.1) is 0 Å². The number of rotatable bonds is 7. The van der Waals surface area contributed by atoms with E-state index in [2.05, 4.69) is 33.9 Å². The molecule has 1 aromatic carbocycles. The summed E-state index contributed by atoms with van der Waals surface area (Å²) in [5.74, 6) is 0.780. The summed E-state index contributed by atoms with van der Waals surface area (Å²) in [7, 11) is 0. The van der Waals surface area contributed by atoms with E-state index < -0.39 is 0 Å². The number of piperazine rings is 1. The molecule has 0 unspecified atom stereocenters. The fraction of sp³-hybridized carbons (Fsp3) is 0.696. The van der Waals surface area contributed by atoms with Crippen LogP contribution in [0.5, 0.6) is 0 Å². The van der Waals surface area contributed by atoms with Crippen LogP contribution in [0.2, 0.25) is 0 Å². The van der Waals surface area contributed by atoms with Gasteiger partial charge in [0, 0.05) is 58.0 Å². The lowest BCUT2D eigenvalue weighted by molar-refractivity contribution is -0.117. The zero-order chi connectivity index (χ0) is 20.8. The number of hydrogen-bond donors (Lipinski definition) is 1. The van der Waals surface area contributed by atoms with Crippen molar-refractivity contribution in [2.75, 3.05) is 70.8 Å². The van der Waals surface area contributed by atoms with Gasteiger partial charge in [-0.3, -0.25) is 19.5 Å². The molecule has 2 fully saturated rings. The number of morpholine rings is 1. The Morgan fingerprint density at radius 3 is 2.38 bits per heavy atom. The molecule has 0 aromatic heterocycles. The maximum Gasteiger partial charge on any atom is 0.238 e. The molecule has 1 N–H and O–H groups in total. The Labute approximate surface area is 176 Å². The van der Waals surface area contributed by atoms with Crippen LogP contribution in [0, 0.1) is 19.8 Å². The maximum atomic E-state index is 12.5. The van der Waals surface area contributed by atoms with Crippen molar-refractivity contribution < 1.29 is 9.53 Å². The molecule has 2 aliphatic rings. The minimum Gasteiger partial charge on any atom is -0.374 e. The van der Waals surface area contributed by atoms with E-state index in [1.54, 1.807) is 0 Å². The second kappa shape index (κ2) is 10.5. The Balaban J connectivity index is 1.39. The average molecular weight is 403 g/mol. The lowest BCUT2D eigenvalue weighted by atomic mass is 10.1. The van der Waals surface area contributed by atoms with E-state index in [4.69, 9.17) is 4.74 Å². The first-order valence-corrected chi connectivity index (χ1v) is 11.1. The highest BCUT2D eigenvalue weighted by Gasteiger charge is 2.26. The molecule has 162 valence electrons. The molecule has 3 rings (SSSR count). The SMILES string of the molecule is Cc1cccc(C)c1NC(=O)CN1CCN(C[C@@H]2CN(CC(C)C)CCO2)CC1. The number of carbonyl (C=O) groups excluding carboxylic acids is 1. The third-order valence-corrected chi connectivity index (χ3v) is 5.89. The summed E-state index contributed by atoms with van der Waals surface area (Å²) in [6.45, 7) is 18.1. The lowest BCUT2D eigenvalue weighted by Gasteiger charge is -2.39. The van der Waals surface area contributed by atoms with Gasteiger partial charge < -0.3 is 10.1 Å². The number of aryl methyl sites for hydroxylation is 2. The number of carbonyl (C=O) groups is 1. The zero-order valence-corrected chi connectivity index (χ0v) is 18.6. The minimum atomic E-state index is 0.0794. The number of amides is 1. The Bertz CT molecular complexity index is 651. The number of benzene rings is 1. The monoisotopic (exact) mass is 402 g/mol. The van der Waals surface area contributed by atoms with Crippen molar-refractivity contribution in [2.45, 2.75) is 33.8 Å².